The lowest BCUT2D eigenvalue weighted by Gasteiger charge is -2.22. The molecule has 0 N–H and O–H groups in total. The van der Waals surface area contributed by atoms with Gasteiger partial charge in [0.1, 0.15) is 5.75 Å². The Hall–Kier alpha value is -1.84. The lowest BCUT2D eigenvalue weighted by molar-refractivity contribution is -0.0142. The lowest BCUT2D eigenvalue weighted by atomic mass is 10.1. The Morgan fingerprint density at radius 1 is 0.913 bits per heavy atom. The fraction of sp³-hybridized carbons (Fsp3) is 0.400. The van der Waals surface area contributed by atoms with Crippen molar-refractivity contribution in [2.24, 2.45) is 0 Å². The molecule has 0 radical (unpaired) electrons. The van der Waals surface area contributed by atoms with Crippen LogP contribution in [0.3, 0.4) is 0 Å². The number of methoxy groups -OCH3 is 1. The van der Waals surface area contributed by atoms with Crippen LogP contribution < -0.4 is 4.74 Å². The summed E-state index contributed by atoms with van der Waals surface area (Å²) in [6.45, 7) is 12.4. The molecule has 1 aromatic rings. The van der Waals surface area contributed by atoms with Crippen LogP contribution in [0.25, 0.3) is 0 Å². The Bertz CT molecular complexity index is 464. The number of hydrogen-bond donors (Lipinski definition) is 0. The molecule has 0 heterocycles. The molecule has 23 heavy (non-hydrogen) atoms. The van der Waals surface area contributed by atoms with Crippen molar-refractivity contribution in [1.29, 1.82) is 0 Å². The van der Waals surface area contributed by atoms with E-state index >= 15 is 0 Å². The predicted molar refractivity (Wildman–Crippen MR) is 95.8 cm³/mol. The minimum Gasteiger partial charge on any atom is -0.497 e. The molecule has 0 fully saturated rings. The molecule has 1 rings (SSSR count). The Kier molecular flexibility index (Phi) is 9.76. The van der Waals surface area contributed by atoms with Crippen molar-refractivity contribution < 1.29 is 14.2 Å². The number of hydrogen-bond acceptors (Lipinski definition) is 3. The maximum Gasteiger partial charge on any atom is 0.118 e. The van der Waals surface area contributed by atoms with E-state index in [2.05, 4.69) is 19.7 Å². The fourth-order valence-electron chi connectivity index (χ4n) is 2.27. The highest BCUT2D eigenvalue weighted by atomic mass is 16.5. The molecule has 1 aromatic carbocycles. The fourth-order valence-corrected chi connectivity index (χ4v) is 2.27. The van der Waals surface area contributed by atoms with E-state index in [4.69, 9.17) is 14.2 Å². The summed E-state index contributed by atoms with van der Waals surface area (Å²) in [6, 6.07) is 7.91. The van der Waals surface area contributed by atoms with Gasteiger partial charge in [0.05, 0.1) is 32.5 Å². The molecule has 0 aliphatic carbocycles. The molecule has 0 saturated heterocycles. The highest BCUT2D eigenvalue weighted by molar-refractivity contribution is 5.26. The van der Waals surface area contributed by atoms with Crippen LogP contribution in [0.5, 0.6) is 5.75 Å². The van der Waals surface area contributed by atoms with Crippen molar-refractivity contribution in [3.05, 3.63) is 67.8 Å². The van der Waals surface area contributed by atoms with Crippen LogP contribution in [0.4, 0.5) is 0 Å². The van der Waals surface area contributed by atoms with Gasteiger partial charge in [-0.1, -0.05) is 30.4 Å². The average molecular weight is 316 g/mol. The monoisotopic (exact) mass is 316 g/mol. The van der Waals surface area contributed by atoms with Crippen molar-refractivity contribution in [1.82, 2.24) is 0 Å². The summed E-state index contributed by atoms with van der Waals surface area (Å²) in [7, 11) is 1.66. The van der Waals surface area contributed by atoms with E-state index < -0.39 is 0 Å². The molecule has 0 saturated carbocycles. The normalized spacial score (nSPS) is 13.1. The van der Waals surface area contributed by atoms with Gasteiger partial charge in [0, 0.05) is 6.42 Å². The summed E-state index contributed by atoms with van der Waals surface area (Å²) >= 11 is 0. The second kappa shape index (κ2) is 11.7. The third-order valence-corrected chi connectivity index (χ3v) is 3.48. The zero-order chi connectivity index (χ0) is 16.9. The Labute approximate surface area is 140 Å². The lowest BCUT2D eigenvalue weighted by Crippen LogP contribution is -2.23. The highest BCUT2D eigenvalue weighted by Gasteiger charge is 2.16. The zero-order valence-corrected chi connectivity index (χ0v) is 14.1. The maximum atomic E-state index is 6.05. The van der Waals surface area contributed by atoms with Crippen LogP contribution in [0.15, 0.2) is 62.2 Å². The minimum absolute atomic E-state index is 0.0735. The summed E-state index contributed by atoms with van der Waals surface area (Å²) < 4.78 is 17.0. The molecule has 0 aliphatic heterocycles. The van der Waals surface area contributed by atoms with Gasteiger partial charge < -0.3 is 14.2 Å². The highest BCUT2D eigenvalue weighted by Crippen LogP contribution is 2.17. The largest absolute Gasteiger partial charge is 0.497 e. The second-order valence-electron chi connectivity index (χ2n) is 5.31. The van der Waals surface area contributed by atoms with Crippen molar-refractivity contribution in [2.45, 2.75) is 38.1 Å². The van der Waals surface area contributed by atoms with Crippen LogP contribution in [0, 0.1) is 0 Å². The standard InChI is InChI=1S/C20H28O3/c1-5-8-19(22-14-7-3)15-20(9-6-2)23-16-17-10-12-18(21-4)13-11-17/h5-7,10-13,19-20H,1-3,8-9,14-16H2,4H3/t19-,20-/m1/s1. The summed E-state index contributed by atoms with van der Waals surface area (Å²) in [5.41, 5.74) is 1.12. The van der Waals surface area contributed by atoms with E-state index in [0.29, 0.717) is 13.2 Å². The molecule has 0 unspecified atom stereocenters. The van der Waals surface area contributed by atoms with E-state index in [1.54, 1.807) is 13.2 Å². The molecule has 0 amide bonds. The van der Waals surface area contributed by atoms with Gasteiger partial charge in [-0.15, -0.1) is 19.7 Å². The van der Waals surface area contributed by atoms with Gasteiger partial charge in [-0.2, -0.15) is 0 Å². The van der Waals surface area contributed by atoms with Gasteiger partial charge in [-0.3, -0.25) is 0 Å². The Morgan fingerprint density at radius 2 is 1.52 bits per heavy atom. The maximum absolute atomic E-state index is 6.05. The molecule has 3 nitrogen and oxygen atoms in total. The molecular weight excluding hydrogens is 288 g/mol. The van der Waals surface area contributed by atoms with Crippen molar-refractivity contribution in [3.8, 4) is 5.75 Å². The number of rotatable bonds is 13. The minimum atomic E-state index is 0.0735. The third-order valence-electron chi connectivity index (χ3n) is 3.48. The molecule has 3 heteroatoms. The van der Waals surface area contributed by atoms with Gasteiger partial charge in [-0.05, 0) is 30.5 Å². The van der Waals surface area contributed by atoms with E-state index in [9.17, 15) is 0 Å². The predicted octanol–water partition coefficient (Wildman–Crippen LogP) is 4.69. The van der Waals surface area contributed by atoms with Crippen LogP contribution >= 0.6 is 0 Å². The molecule has 0 spiro atoms. The van der Waals surface area contributed by atoms with Crippen LogP contribution in [0.2, 0.25) is 0 Å². The molecule has 2 atom stereocenters. The Balaban J connectivity index is 2.55. The first kappa shape index (κ1) is 19.2. The topological polar surface area (TPSA) is 27.7 Å². The summed E-state index contributed by atoms with van der Waals surface area (Å²) in [6.07, 6.45) is 8.09. The van der Waals surface area contributed by atoms with Gasteiger partial charge in [-0.25, -0.2) is 0 Å². The van der Waals surface area contributed by atoms with Crippen LogP contribution in [-0.2, 0) is 16.1 Å². The summed E-state index contributed by atoms with van der Waals surface area (Å²) in [5, 5.41) is 0. The number of benzene rings is 1. The first-order valence-electron chi connectivity index (χ1n) is 7.92. The van der Waals surface area contributed by atoms with Gasteiger partial charge in [0.15, 0.2) is 0 Å². The van der Waals surface area contributed by atoms with Crippen molar-refractivity contribution in [2.75, 3.05) is 13.7 Å². The smallest absolute Gasteiger partial charge is 0.118 e. The SMILES string of the molecule is C=CCO[C@H](CC=C)C[C@@H](CC=C)OCc1ccc(OC)cc1. The molecule has 0 aliphatic rings. The van der Waals surface area contributed by atoms with Crippen molar-refractivity contribution >= 4 is 0 Å². The van der Waals surface area contributed by atoms with Gasteiger partial charge in [0.2, 0.25) is 0 Å². The Morgan fingerprint density at radius 3 is 2.04 bits per heavy atom. The summed E-state index contributed by atoms with van der Waals surface area (Å²) in [4.78, 5) is 0. The van der Waals surface area contributed by atoms with Gasteiger partial charge in [0.25, 0.3) is 0 Å². The quantitative estimate of drug-likeness (QED) is 0.494. The van der Waals surface area contributed by atoms with Crippen LogP contribution in [0.1, 0.15) is 24.8 Å². The molecule has 0 bridgehead atoms. The molecule has 126 valence electrons. The van der Waals surface area contributed by atoms with Crippen LogP contribution in [-0.4, -0.2) is 25.9 Å². The zero-order valence-electron chi connectivity index (χ0n) is 14.1. The van der Waals surface area contributed by atoms with E-state index in [1.807, 2.05) is 36.4 Å². The first-order chi connectivity index (χ1) is 11.2. The van der Waals surface area contributed by atoms with Gasteiger partial charge >= 0.3 is 0 Å². The number of ether oxygens (including phenoxy) is 3. The first-order valence-corrected chi connectivity index (χ1v) is 7.92. The average Bonchev–Trinajstić information content (AvgIpc) is 2.58. The van der Waals surface area contributed by atoms with E-state index in [-0.39, 0.29) is 12.2 Å². The third kappa shape index (κ3) is 7.82. The molecule has 0 aromatic heterocycles. The van der Waals surface area contributed by atoms with E-state index in [0.717, 1.165) is 30.6 Å². The van der Waals surface area contributed by atoms with E-state index in [1.165, 1.54) is 0 Å². The summed E-state index contributed by atoms with van der Waals surface area (Å²) in [5.74, 6) is 0.847. The second-order valence-corrected chi connectivity index (χ2v) is 5.31. The molecular formula is C20H28O3. The van der Waals surface area contributed by atoms with Crippen molar-refractivity contribution in [3.63, 3.8) is 0 Å².